The molecule has 20 heavy (non-hydrogen) atoms. The second-order valence-corrected chi connectivity index (χ2v) is 6.39. The fourth-order valence-corrected chi connectivity index (χ4v) is 3.31. The van der Waals surface area contributed by atoms with Crippen molar-refractivity contribution in [2.45, 2.75) is 44.6 Å². The molecule has 0 spiro atoms. The Bertz CT molecular complexity index is 375. The minimum atomic E-state index is 0.149. The number of likely N-dealkylation sites (tertiary alicyclic amines) is 1. The number of rotatable bonds is 5. The molecule has 1 saturated carbocycles. The third-order valence-corrected chi connectivity index (χ3v) is 4.72. The predicted molar refractivity (Wildman–Crippen MR) is 76.1 cm³/mol. The van der Waals surface area contributed by atoms with Crippen LogP contribution >= 0.6 is 0 Å². The van der Waals surface area contributed by atoms with Gasteiger partial charge in [0, 0.05) is 25.6 Å². The number of carbonyl (C=O) groups excluding carboxylic acids is 2. The third-order valence-electron chi connectivity index (χ3n) is 4.72. The van der Waals surface area contributed by atoms with Crippen LogP contribution in [0.4, 0.5) is 0 Å². The molecule has 0 radical (unpaired) electrons. The van der Waals surface area contributed by atoms with Crippen LogP contribution in [0.5, 0.6) is 0 Å². The number of carbonyl (C=O) groups is 2. The summed E-state index contributed by atoms with van der Waals surface area (Å²) < 4.78 is 0. The lowest BCUT2D eigenvalue weighted by molar-refractivity contribution is -0.139. The van der Waals surface area contributed by atoms with Crippen LogP contribution in [0.25, 0.3) is 0 Å². The topological polar surface area (TPSA) is 52.7 Å². The van der Waals surface area contributed by atoms with Gasteiger partial charge in [0.05, 0.1) is 6.54 Å². The molecule has 2 aliphatic heterocycles. The number of nitrogens with zero attached hydrogens (tertiary/aromatic N) is 2. The van der Waals surface area contributed by atoms with Crippen LogP contribution in [-0.4, -0.2) is 60.4 Å². The highest BCUT2D eigenvalue weighted by Crippen LogP contribution is 2.29. The lowest BCUT2D eigenvalue weighted by Crippen LogP contribution is -2.45. The summed E-state index contributed by atoms with van der Waals surface area (Å²) in [7, 11) is 0. The molecule has 5 heteroatoms. The standard InChI is InChI=1S/C15H25N3O2/c19-14-2-1-9-17(14)11-15(20)18(13-3-4-13)10-12-5-7-16-8-6-12/h12-13,16H,1-11H2. The minimum Gasteiger partial charge on any atom is -0.338 e. The van der Waals surface area contributed by atoms with Gasteiger partial charge in [-0.2, -0.15) is 0 Å². The molecule has 112 valence electrons. The normalized spacial score (nSPS) is 24.2. The zero-order valence-electron chi connectivity index (χ0n) is 12.1. The van der Waals surface area contributed by atoms with Crippen molar-refractivity contribution in [3.05, 3.63) is 0 Å². The lowest BCUT2D eigenvalue weighted by atomic mass is 9.97. The van der Waals surface area contributed by atoms with Crippen molar-refractivity contribution in [3.63, 3.8) is 0 Å². The molecule has 3 aliphatic rings. The molecule has 1 aliphatic carbocycles. The maximum Gasteiger partial charge on any atom is 0.242 e. The van der Waals surface area contributed by atoms with Crippen molar-refractivity contribution in [2.75, 3.05) is 32.7 Å². The number of hydrogen-bond donors (Lipinski definition) is 1. The van der Waals surface area contributed by atoms with Gasteiger partial charge in [-0.1, -0.05) is 0 Å². The third kappa shape index (κ3) is 3.32. The molecule has 1 N–H and O–H groups in total. The van der Waals surface area contributed by atoms with Gasteiger partial charge in [-0.3, -0.25) is 9.59 Å². The monoisotopic (exact) mass is 279 g/mol. The largest absolute Gasteiger partial charge is 0.338 e. The molecule has 2 saturated heterocycles. The van der Waals surface area contributed by atoms with E-state index in [9.17, 15) is 9.59 Å². The van der Waals surface area contributed by atoms with E-state index in [1.165, 1.54) is 12.8 Å². The van der Waals surface area contributed by atoms with Crippen molar-refractivity contribution in [1.29, 1.82) is 0 Å². The summed E-state index contributed by atoms with van der Waals surface area (Å²) in [5.74, 6) is 0.951. The van der Waals surface area contributed by atoms with E-state index in [-0.39, 0.29) is 11.8 Å². The van der Waals surface area contributed by atoms with Gasteiger partial charge in [0.2, 0.25) is 11.8 Å². The van der Waals surface area contributed by atoms with Crippen LogP contribution in [0.15, 0.2) is 0 Å². The first-order chi connectivity index (χ1) is 9.74. The predicted octanol–water partition coefficient (Wildman–Crippen LogP) is 0.599. The van der Waals surface area contributed by atoms with Gasteiger partial charge in [0.15, 0.2) is 0 Å². The Balaban J connectivity index is 1.55. The lowest BCUT2D eigenvalue weighted by Gasteiger charge is -2.31. The van der Waals surface area contributed by atoms with Gasteiger partial charge in [0.1, 0.15) is 0 Å². The first kappa shape index (κ1) is 13.9. The van der Waals surface area contributed by atoms with Gasteiger partial charge in [-0.15, -0.1) is 0 Å². The van der Waals surface area contributed by atoms with Crippen LogP contribution in [0, 0.1) is 5.92 Å². The van der Waals surface area contributed by atoms with E-state index in [4.69, 9.17) is 0 Å². The molecule has 0 aromatic rings. The van der Waals surface area contributed by atoms with Gasteiger partial charge < -0.3 is 15.1 Å². The fraction of sp³-hybridized carbons (Fsp3) is 0.867. The Hall–Kier alpha value is -1.10. The second-order valence-electron chi connectivity index (χ2n) is 6.39. The molecule has 0 aromatic carbocycles. The number of piperidine rings is 1. The van der Waals surface area contributed by atoms with E-state index in [2.05, 4.69) is 10.2 Å². The van der Waals surface area contributed by atoms with Crippen molar-refractivity contribution in [1.82, 2.24) is 15.1 Å². The van der Waals surface area contributed by atoms with E-state index >= 15 is 0 Å². The van der Waals surface area contributed by atoms with Crippen molar-refractivity contribution < 1.29 is 9.59 Å². The zero-order valence-corrected chi connectivity index (χ0v) is 12.1. The molecular weight excluding hydrogens is 254 g/mol. The van der Waals surface area contributed by atoms with E-state index < -0.39 is 0 Å². The molecule has 2 heterocycles. The highest BCUT2D eigenvalue weighted by molar-refractivity contribution is 5.86. The maximum absolute atomic E-state index is 12.5. The summed E-state index contributed by atoms with van der Waals surface area (Å²) in [6.45, 7) is 4.11. The van der Waals surface area contributed by atoms with Crippen LogP contribution in [0.2, 0.25) is 0 Å². The van der Waals surface area contributed by atoms with Crippen LogP contribution in [-0.2, 0) is 9.59 Å². The van der Waals surface area contributed by atoms with Crippen LogP contribution in [0.3, 0.4) is 0 Å². The average Bonchev–Trinajstić information content (AvgIpc) is 3.22. The van der Waals surface area contributed by atoms with Crippen LogP contribution < -0.4 is 5.32 Å². The first-order valence-corrected chi connectivity index (χ1v) is 8.02. The van der Waals surface area contributed by atoms with Gasteiger partial charge in [-0.05, 0) is 51.1 Å². The Morgan fingerprint density at radius 2 is 2.00 bits per heavy atom. The van der Waals surface area contributed by atoms with E-state index in [0.29, 0.717) is 24.9 Å². The number of nitrogens with one attached hydrogen (secondary N) is 1. The van der Waals surface area contributed by atoms with Gasteiger partial charge >= 0.3 is 0 Å². The smallest absolute Gasteiger partial charge is 0.242 e. The summed E-state index contributed by atoms with van der Waals surface area (Å²) in [4.78, 5) is 28.0. The minimum absolute atomic E-state index is 0.149. The second kappa shape index (κ2) is 6.12. The summed E-state index contributed by atoms with van der Waals surface area (Å²) in [6, 6.07) is 0.454. The Morgan fingerprint density at radius 1 is 1.25 bits per heavy atom. The quantitative estimate of drug-likeness (QED) is 0.802. The SMILES string of the molecule is O=C1CCCN1CC(=O)N(CC1CCNCC1)C1CC1. The molecule has 0 aromatic heterocycles. The van der Waals surface area contributed by atoms with Crippen LogP contribution in [0.1, 0.15) is 38.5 Å². The summed E-state index contributed by atoms with van der Waals surface area (Å²) in [5, 5.41) is 3.37. The molecule has 5 nitrogen and oxygen atoms in total. The van der Waals surface area contributed by atoms with E-state index in [1.807, 2.05) is 0 Å². The number of amides is 2. The molecule has 3 fully saturated rings. The number of hydrogen-bond acceptors (Lipinski definition) is 3. The maximum atomic E-state index is 12.5. The first-order valence-electron chi connectivity index (χ1n) is 8.02. The highest BCUT2D eigenvalue weighted by atomic mass is 16.2. The van der Waals surface area contributed by atoms with Gasteiger partial charge in [0.25, 0.3) is 0 Å². The van der Waals surface area contributed by atoms with Crippen molar-refractivity contribution >= 4 is 11.8 Å². The Morgan fingerprint density at radius 3 is 2.60 bits per heavy atom. The zero-order chi connectivity index (χ0) is 13.9. The summed E-state index contributed by atoms with van der Waals surface area (Å²) >= 11 is 0. The molecule has 0 atom stereocenters. The average molecular weight is 279 g/mol. The van der Waals surface area contributed by atoms with Crippen molar-refractivity contribution in [3.8, 4) is 0 Å². The highest BCUT2D eigenvalue weighted by Gasteiger charge is 2.35. The fourth-order valence-electron chi connectivity index (χ4n) is 3.31. The Labute approximate surface area is 120 Å². The van der Waals surface area contributed by atoms with E-state index in [1.54, 1.807) is 4.90 Å². The molecular formula is C15H25N3O2. The molecule has 0 unspecified atom stereocenters. The molecule has 0 bridgehead atoms. The Kier molecular flexibility index (Phi) is 4.24. The molecule has 3 rings (SSSR count). The molecule has 2 amide bonds. The van der Waals surface area contributed by atoms with Gasteiger partial charge in [-0.25, -0.2) is 0 Å². The summed E-state index contributed by atoms with van der Waals surface area (Å²) in [6.07, 6.45) is 6.14. The van der Waals surface area contributed by atoms with Crippen molar-refractivity contribution in [2.24, 2.45) is 5.92 Å². The van der Waals surface area contributed by atoms with E-state index in [0.717, 1.165) is 45.4 Å². The summed E-state index contributed by atoms with van der Waals surface area (Å²) in [5.41, 5.74) is 0.